The van der Waals surface area contributed by atoms with Crippen LogP contribution in [0.5, 0.6) is 0 Å². The number of hydrogen-bond donors (Lipinski definition) is 1. The van der Waals surface area contributed by atoms with Crippen LogP contribution >= 0.6 is 34.8 Å². The molecule has 2 rings (SSSR count). The number of piperazine rings is 1. The summed E-state index contributed by atoms with van der Waals surface area (Å²) < 4.78 is 0. The second-order valence-electron chi connectivity index (χ2n) is 4.79. The van der Waals surface area contributed by atoms with Crippen molar-refractivity contribution in [2.24, 2.45) is 0 Å². The molecule has 0 saturated carbocycles. The first-order valence-corrected chi connectivity index (χ1v) is 7.83. The molecule has 1 aliphatic rings. The number of nitrogens with one attached hydrogen (secondary N) is 1. The van der Waals surface area contributed by atoms with E-state index in [2.05, 4.69) is 21.8 Å². The lowest BCUT2D eigenvalue weighted by Gasteiger charge is -2.36. The molecule has 1 aromatic rings. The fourth-order valence-electron chi connectivity index (χ4n) is 2.54. The van der Waals surface area contributed by atoms with Crippen LogP contribution in [0.2, 0.25) is 15.2 Å². The molecule has 1 N–H and O–H groups in total. The van der Waals surface area contributed by atoms with Gasteiger partial charge in [0.1, 0.15) is 5.15 Å². The van der Waals surface area contributed by atoms with Crippen LogP contribution in [-0.4, -0.2) is 36.1 Å². The third-order valence-electron chi connectivity index (χ3n) is 3.54. The summed E-state index contributed by atoms with van der Waals surface area (Å²) in [7, 11) is 0. The minimum absolute atomic E-state index is 0.149. The summed E-state index contributed by atoms with van der Waals surface area (Å²) in [5, 5.41) is 4.70. The summed E-state index contributed by atoms with van der Waals surface area (Å²) in [5.41, 5.74) is 0.886. The highest BCUT2D eigenvalue weighted by molar-refractivity contribution is 6.43. The average Bonchev–Trinajstić information content (AvgIpc) is 2.47. The van der Waals surface area contributed by atoms with E-state index in [1.54, 1.807) is 6.20 Å². The molecule has 1 aromatic heterocycles. The first kappa shape index (κ1) is 16.1. The molecule has 110 valence electrons. The van der Waals surface area contributed by atoms with E-state index >= 15 is 0 Å². The van der Waals surface area contributed by atoms with Gasteiger partial charge in [0.25, 0.3) is 0 Å². The van der Waals surface area contributed by atoms with E-state index < -0.39 is 0 Å². The molecule has 6 heteroatoms. The van der Waals surface area contributed by atoms with Crippen LogP contribution in [0, 0.1) is 0 Å². The summed E-state index contributed by atoms with van der Waals surface area (Å²) in [5.74, 6) is 0. The molecule has 1 saturated heterocycles. The van der Waals surface area contributed by atoms with Crippen LogP contribution in [0.1, 0.15) is 24.4 Å². The molecule has 0 amide bonds. The van der Waals surface area contributed by atoms with Crippen molar-refractivity contribution in [2.45, 2.75) is 18.9 Å². The van der Waals surface area contributed by atoms with Crippen molar-refractivity contribution in [3.05, 3.63) is 39.6 Å². The van der Waals surface area contributed by atoms with Gasteiger partial charge >= 0.3 is 0 Å². The van der Waals surface area contributed by atoms with Crippen LogP contribution in [0.4, 0.5) is 0 Å². The highest BCUT2D eigenvalue weighted by Gasteiger charge is 2.26. The van der Waals surface area contributed by atoms with Gasteiger partial charge in [-0.05, 0) is 12.8 Å². The number of hydrogen-bond acceptors (Lipinski definition) is 3. The fraction of sp³-hybridized carbons (Fsp3) is 0.500. The van der Waals surface area contributed by atoms with Gasteiger partial charge in [0.15, 0.2) is 0 Å². The van der Waals surface area contributed by atoms with E-state index in [4.69, 9.17) is 34.8 Å². The van der Waals surface area contributed by atoms with Crippen LogP contribution < -0.4 is 5.32 Å². The third kappa shape index (κ3) is 3.66. The number of pyridine rings is 1. The molecular formula is C14H18Cl3N3. The Morgan fingerprint density at radius 2 is 2.05 bits per heavy atom. The Hall–Kier alpha value is -0.320. The maximum Gasteiger partial charge on any atom is 0.148 e. The molecule has 2 heterocycles. The van der Waals surface area contributed by atoms with Gasteiger partial charge in [-0.15, -0.1) is 6.58 Å². The molecule has 0 bridgehead atoms. The zero-order chi connectivity index (χ0) is 14.5. The van der Waals surface area contributed by atoms with E-state index in [9.17, 15) is 0 Å². The van der Waals surface area contributed by atoms with E-state index in [0.29, 0.717) is 15.2 Å². The standard InChI is InChI=1S/C14H18Cl3N3/c1-2-3-4-11(20-7-5-18-6-8-20)12-10(15)9-19-14(17)13(12)16/h2,9,11,18H,1,3-8H2/t11-/m1/s1. The maximum atomic E-state index is 6.34. The first-order valence-electron chi connectivity index (χ1n) is 6.70. The molecule has 1 aliphatic heterocycles. The molecule has 0 radical (unpaired) electrons. The predicted molar refractivity (Wildman–Crippen MR) is 85.9 cm³/mol. The van der Waals surface area contributed by atoms with Crippen LogP contribution in [0.25, 0.3) is 0 Å². The monoisotopic (exact) mass is 333 g/mol. The Kier molecular flexibility index (Phi) is 6.12. The summed E-state index contributed by atoms with van der Waals surface area (Å²) in [6, 6.07) is 0.149. The summed E-state index contributed by atoms with van der Waals surface area (Å²) in [4.78, 5) is 6.39. The number of rotatable bonds is 5. The van der Waals surface area contributed by atoms with Crippen molar-refractivity contribution in [3.8, 4) is 0 Å². The minimum atomic E-state index is 0.149. The zero-order valence-corrected chi connectivity index (χ0v) is 13.5. The zero-order valence-electron chi connectivity index (χ0n) is 11.2. The quantitative estimate of drug-likeness (QED) is 0.652. The van der Waals surface area contributed by atoms with Crippen molar-refractivity contribution in [3.63, 3.8) is 0 Å². The van der Waals surface area contributed by atoms with Gasteiger partial charge < -0.3 is 5.32 Å². The largest absolute Gasteiger partial charge is 0.314 e. The molecular weight excluding hydrogens is 317 g/mol. The molecule has 0 aliphatic carbocycles. The number of nitrogens with zero attached hydrogens (tertiary/aromatic N) is 2. The lowest BCUT2D eigenvalue weighted by atomic mass is 10.00. The Labute approximate surface area is 134 Å². The van der Waals surface area contributed by atoms with Gasteiger partial charge in [-0.2, -0.15) is 0 Å². The van der Waals surface area contributed by atoms with Gasteiger partial charge in [-0.25, -0.2) is 4.98 Å². The highest BCUT2D eigenvalue weighted by atomic mass is 35.5. The van der Waals surface area contributed by atoms with Gasteiger partial charge in [0.05, 0.1) is 10.0 Å². The fourth-order valence-corrected chi connectivity index (χ4v) is 3.28. The second kappa shape index (κ2) is 7.62. The molecule has 1 atom stereocenters. The van der Waals surface area contributed by atoms with Gasteiger partial charge in [-0.3, -0.25) is 4.90 Å². The third-order valence-corrected chi connectivity index (χ3v) is 4.60. The lowest BCUT2D eigenvalue weighted by molar-refractivity contribution is 0.166. The van der Waals surface area contributed by atoms with Crippen LogP contribution in [-0.2, 0) is 0 Å². The predicted octanol–water partition coefficient (Wildman–Crippen LogP) is 3.95. The van der Waals surface area contributed by atoms with Crippen LogP contribution in [0.3, 0.4) is 0 Å². The van der Waals surface area contributed by atoms with Crippen molar-refractivity contribution in [1.29, 1.82) is 0 Å². The summed E-state index contributed by atoms with van der Waals surface area (Å²) in [6.45, 7) is 7.67. The van der Waals surface area contributed by atoms with E-state index in [1.807, 2.05) is 6.08 Å². The topological polar surface area (TPSA) is 28.2 Å². The molecule has 0 spiro atoms. The van der Waals surface area contributed by atoms with Crippen LogP contribution in [0.15, 0.2) is 18.9 Å². The van der Waals surface area contributed by atoms with Crippen molar-refractivity contribution in [1.82, 2.24) is 15.2 Å². The lowest BCUT2D eigenvalue weighted by Crippen LogP contribution is -2.45. The summed E-state index contributed by atoms with van der Waals surface area (Å²) >= 11 is 18.7. The Balaban J connectivity index is 2.34. The molecule has 1 fully saturated rings. The SMILES string of the molecule is C=CCC[C@H](c1c(Cl)cnc(Cl)c1Cl)N1CCNCC1. The first-order chi connectivity index (χ1) is 9.65. The van der Waals surface area contributed by atoms with E-state index in [-0.39, 0.29) is 6.04 Å². The Morgan fingerprint density at radius 1 is 1.35 bits per heavy atom. The number of allylic oxidation sites excluding steroid dienone is 1. The van der Waals surface area contributed by atoms with Crippen molar-refractivity contribution in [2.75, 3.05) is 26.2 Å². The van der Waals surface area contributed by atoms with E-state index in [0.717, 1.165) is 44.6 Å². The molecule has 0 aromatic carbocycles. The summed E-state index contributed by atoms with van der Waals surface area (Å²) in [6.07, 6.45) is 5.32. The van der Waals surface area contributed by atoms with Gasteiger partial charge in [0.2, 0.25) is 0 Å². The molecule has 20 heavy (non-hydrogen) atoms. The molecule has 0 unspecified atom stereocenters. The Bertz CT molecular complexity index is 473. The maximum absolute atomic E-state index is 6.34. The number of halogens is 3. The molecule has 3 nitrogen and oxygen atoms in total. The number of aromatic nitrogens is 1. The normalized spacial score (nSPS) is 17.9. The Morgan fingerprint density at radius 3 is 2.70 bits per heavy atom. The smallest absolute Gasteiger partial charge is 0.148 e. The average molecular weight is 335 g/mol. The van der Waals surface area contributed by atoms with E-state index in [1.165, 1.54) is 0 Å². The minimum Gasteiger partial charge on any atom is -0.314 e. The highest BCUT2D eigenvalue weighted by Crippen LogP contribution is 2.39. The second-order valence-corrected chi connectivity index (χ2v) is 5.94. The van der Waals surface area contributed by atoms with Gasteiger partial charge in [0, 0.05) is 44.0 Å². The van der Waals surface area contributed by atoms with Crippen molar-refractivity contribution >= 4 is 34.8 Å². The van der Waals surface area contributed by atoms with Crippen molar-refractivity contribution < 1.29 is 0 Å². The van der Waals surface area contributed by atoms with Gasteiger partial charge in [-0.1, -0.05) is 40.9 Å².